The smallest absolute Gasteiger partial charge is 0.239 e. The first-order valence-electron chi connectivity index (χ1n) is 5.47. The lowest BCUT2D eigenvalue weighted by atomic mass is 10.0. The third-order valence-electron chi connectivity index (χ3n) is 3.08. The number of rotatable bonds is 1. The van der Waals surface area contributed by atoms with Gasteiger partial charge in [-0.05, 0) is 25.8 Å². The van der Waals surface area contributed by atoms with Crippen LogP contribution < -0.4 is 5.32 Å². The Kier molecular flexibility index (Phi) is 3.03. The highest BCUT2D eigenvalue weighted by molar-refractivity contribution is 5.82. The third kappa shape index (κ3) is 2.07. The minimum Gasteiger partial charge on any atom is -0.391 e. The number of amides is 1. The minimum atomic E-state index is -0.303. The Balaban J connectivity index is 1.87. The summed E-state index contributed by atoms with van der Waals surface area (Å²) in [5.74, 6) is 0.182. The van der Waals surface area contributed by atoms with Gasteiger partial charge in [0.05, 0.1) is 12.1 Å². The first kappa shape index (κ1) is 9.93. The van der Waals surface area contributed by atoms with Gasteiger partial charge in [-0.2, -0.15) is 0 Å². The highest BCUT2D eigenvalue weighted by Gasteiger charge is 2.30. The van der Waals surface area contributed by atoms with E-state index in [9.17, 15) is 9.90 Å². The fourth-order valence-corrected chi connectivity index (χ4v) is 2.22. The van der Waals surface area contributed by atoms with Crippen LogP contribution in [0.4, 0.5) is 0 Å². The van der Waals surface area contributed by atoms with Crippen LogP contribution in [0.15, 0.2) is 0 Å². The Bertz CT molecular complexity index is 207. The van der Waals surface area contributed by atoms with Gasteiger partial charge < -0.3 is 15.3 Å². The molecule has 4 nitrogen and oxygen atoms in total. The SMILES string of the molecule is O=C([C@H]1CCCCN1)N1CCC(O)C1. The van der Waals surface area contributed by atoms with Gasteiger partial charge in [0.15, 0.2) is 0 Å². The van der Waals surface area contributed by atoms with Crippen LogP contribution in [0, 0.1) is 0 Å². The van der Waals surface area contributed by atoms with Gasteiger partial charge in [0.25, 0.3) is 0 Å². The minimum absolute atomic E-state index is 0.00838. The van der Waals surface area contributed by atoms with E-state index in [-0.39, 0.29) is 18.1 Å². The van der Waals surface area contributed by atoms with Crippen LogP contribution >= 0.6 is 0 Å². The molecular formula is C10H18N2O2. The first-order chi connectivity index (χ1) is 6.77. The van der Waals surface area contributed by atoms with Crippen molar-refractivity contribution >= 4 is 5.91 Å². The lowest BCUT2D eigenvalue weighted by Crippen LogP contribution is -2.48. The number of nitrogens with zero attached hydrogens (tertiary/aromatic N) is 1. The number of carbonyl (C=O) groups excluding carboxylic acids is 1. The number of nitrogens with one attached hydrogen (secondary N) is 1. The van der Waals surface area contributed by atoms with Gasteiger partial charge in [-0.25, -0.2) is 0 Å². The van der Waals surface area contributed by atoms with Gasteiger partial charge in [-0.15, -0.1) is 0 Å². The molecule has 14 heavy (non-hydrogen) atoms. The summed E-state index contributed by atoms with van der Waals surface area (Å²) >= 11 is 0. The van der Waals surface area contributed by atoms with Crippen molar-refractivity contribution < 1.29 is 9.90 Å². The first-order valence-corrected chi connectivity index (χ1v) is 5.47. The van der Waals surface area contributed by atoms with Crippen molar-refractivity contribution in [3.05, 3.63) is 0 Å². The van der Waals surface area contributed by atoms with Crippen LogP contribution in [0.5, 0.6) is 0 Å². The fraction of sp³-hybridized carbons (Fsp3) is 0.900. The molecule has 0 radical (unpaired) electrons. The monoisotopic (exact) mass is 198 g/mol. The molecule has 1 unspecified atom stereocenters. The second kappa shape index (κ2) is 4.28. The van der Waals surface area contributed by atoms with Crippen molar-refractivity contribution in [1.82, 2.24) is 10.2 Å². The molecule has 2 saturated heterocycles. The van der Waals surface area contributed by atoms with Gasteiger partial charge in [-0.1, -0.05) is 6.42 Å². The van der Waals surface area contributed by atoms with Gasteiger partial charge in [0.2, 0.25) is 5.91 Å². The molecule has 2 atom stereocenters. The largest absolute Gasteiger partial charge is 0.391 e. The molecule has 2 heterocycles. The predicted octanol–water partition coefficient (Wildman–Crippen LogP) is -0.278. The number of hydrogen-bond acceptors (Lipinski definition) is 3. The van der Waals surface area contributed by atoms with Crippen LogP contribution in [0.1, 0.15) is 25.7 Å². The molecule has 0 bridgehead atoms. The zero-order valence-corrected chi connectivity index (χ0v) is 8.41. The maximum Gasteiger partial charge on any atom is 0.239 e. The Labute approximate surface area is 84.3 Å². The Morgan fingerprint density at radius 1 is 1.36 bits per heavy atom. The number of aliphatic hydroxyl groups is 1. The predicted molar refractivity (Wildman–Crippen MR) is 52.8 cm³/mol. The third-order valence-corrected chi connectivity index (χ3v) is 3.08. The molecule has 0 aromatic carbocycles. The van der Waals surface area contributed by atoms with E-state index in [4.69, 9.17) is 0 Å². The molecule has 2 fully saturated rings. The summed E-state index contributed by atoms with van der Waals surface area (Å²) in [5, 5.41) is 12.6. The summed E-state index contributed by atoms with van der Waals surface area (Å²) in [7, 11) is 0. The van der Waals surface area contributed by atoms with Crippen molar-refractivity contribution in [1.29, 1.82) is 0 Å². The van der Waals surface area contributed by atoms with Crippen molar-refractivity contribution in [2.45, 2.75) is 37.8 Å². The molecule has 0 aliphatic carbocycles. The Hall–Kier alpha value is -0.610. The van der Waals surface area contributed by atoms with Crippen LogP contribution in [0.2, 0.25) is 0 Å². The Morgan fingerprint density at radius 2 is 2.21 bits per heavy atom. The number of β-amino-alcohol motifs (C(OH)–C–C–N with tert-alkyl or cyclic N) is 1. The van der Waals surface area contributed by atoms with E-state index in [0.29, 0.717) is 6.54 Å². The average Bonchev–Trinajstić information content (AvgIpc) is 2.65. The normalized spacial score (nSPS) is 33.4. The van der Waals surface area contributed by atoms with Crippen LogP contribution in [-0.2, 0) is 4.79 Å². The van der Waals surface area contributed by atoms with Crippen LogP contribution in [0.3, 0.4) is 0 Å². The summed E-state index contributed by atoms with van der Waals surface area (Å²) in [6.45, 7) is 2.20. The topological polar surface area (TPSA) is 52.6 Å². The molecule has 0 aromatic heterocycles. The molecule has 0 aromatic rings. The lowest BCUT2D eigenvalue weighted by Gasteiger charge is -2.27. The molecule has 1 amide bonds. The van der Waals surface area contributed by atoms with Crippen LogP contribution in [-0.4, -0.2) is 47.7 Å². The summed E-state index contributed by atoms with van der Waals surface area (Å²) in [6, 6.07) is 0.00838. The van der Waals surface area contributed by atoms with E-state index in [1.165, 1.54) is 6.42 Å². The highest BCUT2D eigenvalue weighted by Crippen LogP contribution is 2.14. The van der Waals surface area contributed by atoms with Gasteiger partial charge >= 0.3 is 0 Å². The molecule has 2 N–H and O–H groups in total. The zero-order chi connectivity index (χ0) is 9.97. The molecule has 2 aliphatic rings. The number of likely N-dealkylation sites (tertiary alicyclic amines) is 1. The number of aliphatic hydroxyl groups excluding tert-OH is 1. The Morgan fingerprint density at radius 3 is 2.79 bits per heavy atom. The van der Waals surface area contributed by atoms with Gasteiger partial charge in [-0.3, -0.25) is 4.79 Å². The average molecular weight is 198 g/mol. The van der Waals surface area contributed by atoms with E-state index in [0.717, 1.165) is 32.4 Å². The maximum atomic E-state index is 11.9. The fourth-order valence-electron chi connectivity index (χ4n) is 2.22. The quantitative estimate of drug-likeness (QED) is 0.609. The summed E-state index contributed by atoms with van der Waals surface area (Å²) in [5.41, 5.74) is 0. The zero-order valence-electron chi connectivity index (χ0n) is 8.41. The molecule has 0 saturated carbocycles. The van der Waals surface area contributed by atoms with Crippen molar-refractivity contribution in [2.24, 2.45) is 0 Å². The van der Waals surface area contributed by atoms with E-state index < -0.39 is 0 Å². The standard InChI is InChI=1S/C10H18N2O2/c13-8-4-6-12(7-8)10(14)9-3-1-2-5-11-9/h8-9,11,13H,1-7H2/t8?,9-/m1/s1. The van der Waals surface area contributed by atoms with E-state index in [1.54, 1.807) is 4.90 Å². The summed E-state index contributed by atoms with van der Waals surface area (Å²) in [6.07, 6.45) is 3.69. The summed E-state index contributed by atoms with van der Waals surface area (Å²) in [4.78, 5) is 13.7. The number of hydrogen-bond donors (Lipinski definition) is 2. The molecule has 4 heteroatoms. The van der Waals surface area contributed by atoms with E-state index in [1.807, 2.05) is 0 Å². The van der Waals surface area contributed by atoms with Crippen LogP contribution in [0.25, 0.3) is 0 Å². The summed E-state index contributed by atoms with van der Waals surface area (Å²) < 4.78 is 0. The number of carbonyl (C=O) groups is 1. The van der Waals surface area contributed by atoms with Crippen molar-refractivity contribution in [2.75, 3.05) is 19.6 Å². The van der Waals surface area contributed by atoms with E-state index >= 15 is 0 Å². The molecule has 2 rings (SSSR count). The molecule has 0 spiro atoms. The molecule has 80 valence electrons. The molecule has 2 aliphatic heterocycles. The second-order valence-electron chi connectivity index (χ2n) is 4.23. The molecular weight excluding hydrogens is 180 g/mol. The van der Waals surface area contributed by atoms with Gasteiger partial charge in [0.1, 0.15) is 0 Å². The van der Waals surface area contributed by atoms with E-state index in [2.05, 4.69) is 5.32 Å². The lowest BCUT2D eigenvalue weighted by molar-refractivity contribution is -0.133. The van der Waals surface area contributed by atoms with Gasteiger partial charge in [0, 0.05) is 13.1 Å². The van der Waals surface area contributed by atoms with Crippen molar-refractivity contribution in [3.63, 3.8) is 0 Å². The number of piperidine rings is 1. The second-order valence-corrected chi connectivity index (χ2v) is 4.23. The highest BCUT2D eigenvalue weighted by atomic mass is 16.3. The maximum absolute atomic E-state index is 11.9. The van der Waals surface area contributed by atoms with Crippen molar-refractivity contribution in [3.8, 4) is 0 Å².